The number of methoxy groups -OCH3 is 1. The number of benzene rings is 3. The van der Waals surface area contributed by atoms with E-state index in [9.17, 15) is 0 Å². The van der Waals surface area contributed by atoms with Gasteiger partial charge in [-0.15, -0.1) is 0 Å². The van der Waals surface area contributed by atoms with Gasteiger partial charge in [0.1, 0.15) is 30.5 Å². The van der Waals surface area contributed by atoms with E-state index in [-0.39, 0.29) is 6.04 Å². The van der Waals surface area contributed by atoms with Crippen molar-refractivity contribution >= 4 is 5.69 Å². The third-order valence-corrected chi connectivity index (χ3v) is 6.52. The molecule has 0 bridgehead atoms. The number of ether oxygens (including phenoxy) is 3. The first-order valence-corrected chi connectivity index (χ1v) is 12.3. The minimum atomic E-state index is 0.244. The van der Waals surface area contributed by atoms with Crippen LogP contribution in [0.3, 0.4) is 0 Å². The highest BCUT2D eigenvalue weighted by molar-refractivity contribution is 5.61. The minimum Gasteiger partial charge on any atom is -0.497 e. The molecule has 1 heterocycles. The highest BCUT2D eigenvalue weighted by atomic mass is 16.5. The molecule has 3 aromatic carbocycles. The summed E-state index contributed by atoms with van der Waals surface area (Å²) < 4.78 is 17.4. The quantitative estimate of drug-likeness (QED) is 0.381. The van der Waals surface area contributed by atoms with Crippen LogP contribution in [0.25, 0.3) is 0 Å². The summed E-state index contributed by atoms with van der Waals surface area (Å²) in [6.45, 7) is 9.62. The van der Waals surface area contributed by atoms with E-state index in [1.807, 2.05) is 18.2 Å². The van der Waals surface area contributed by atoms with Crippen molar-refractivity contribution in [3.63, 3.8) is 0 Å². The molecule has 1 aliphatic heterocycles. The summed E-state index contributed by atoms with van der Waals surface area (Å²) >= 11 is 0. The molecule has 34 heavy (non-hydrogen) atoms. The summed E-state index contributed by atoms with van der Waals surface area (Å²) in [6, 6.07) is 25.4. The fourth-order valence-electron chi connectivity index (χ4n) is 4.43. The van der Waals surface area contributed by atoms with E-state index in [1.165, 1.54) is 11.1 Å². The fourth-order valence-corrected chi connectivity index (χ4v) is 4.43. The van der Waals surface area contributed by atoms with E-state index in [1.54, 1.807) is 7.11 Å². The van der Waals surface area contributed by atoms with Crippen molar-refractivity contribution in [3.8, 4) is 17.2 Å². The Hall–Kier alpha value is -3.18. The predicted octanol–water partition coefficient (Wildman–Crippen LogP) is 5.43. The van der Waals surface area contributed by atoms with E-state index in [0.717, 1.165) is 55.5 Å². The number of para-hydroxylation sites is 2. The maximum Gasteiger partial charge on any atom is 0.142 e. The van der Waals surface area contributed by atoms with Crippen LogP contribution in [0, 0.1) is 0 Å². The third kappa shape index (κ3) is 6.03. The van der Waals surface area contributed by atoms with Gasteiger partial charge in [0.2, 0.25) is 0 Å². The zero-order chi connectivity index (χ0) is 23.8. The van der Waals surface area contributed by atoms with Crippen molar-refractivity contribution in [2.24, 2.45) is 0 Å². The molecule has 180 valence electrons. The summed E-state index contributed by atoms with van der Waals surface area (Å²) in [6.07, 6.45) is 0.908. The molecule has 0 spiro atoms. The predicted molar refractivity (Wildman–Crippen MR) is 138 cm³/mol. The lowest BCUT2D eigenvalue weighted by molar-refractivity contribution is 0.223. The molecule has 1 atom stereocenters. The molecule has 0 fully saturated rings. The van der Waals surface area contributed by atoms with E-state index in [0.29, 0.717) is 13.2 Å². The van der Waals surface area contributed by atoms with Crippen molar-refractivity contribution < 1.29 is 14.2 Å². The molecule has 4 rings (SSSR count). The van der Waals surface area contributed by atoms with Gasteiger partial charge in [0, 0.05) is 13.1 Å². The molecule has 0 aromatic heterocycles. The number of rotatable bonds is 11. The summed E-state index contributed by atoms with van der Waals surface area (Å²) in [5.74, 6) is 2.75. The molecule has 5 heteroatoms. The van der Waals surface area contributed by atoms with Crippen LogP contribution in [0.4, 0.5) is 5.69 Å². The van der Waals surface area contributed by atoms with Gasteiger partial charge in [-0.1, -0.05) is 50.2 Å². The zero-order valence-corrected chi connectivity index (χ0v) is 20.6. The summed E-state index contributed by atoms with van der Waals surface area (Å²) in [5.41, 5.74) is 3.68. The van der Waals surface area contributed by atoms with Crippen molar-refractivity contribution in [3.05, 3.63) is 83.9 Å². The van der Waals surface area contributed by atoms with Gasteiger partial charge in [0.05, 0.1) is 18.8 Å². The molecule has 1 aliphatic rings. The van der Waals surface area contributed by atoms with Crippen molar-refractivity contribution in [2.45, 2.75) is 32.9 Å². The van der Waals surface area contributed by atoms with Gasteiger partial charge in [-0.2, -0.15) is 0 Å². The first-order valence-electron chi connectivity index (χ1n) is 12.3. The smallest absolute Gasteiger partial charge is 0.142 e. The Morgan fingerprint density at radius 1 is 0.882 bits per heavy atom. The van der Waals surface area contributed by atoms with E-state index >= 15 is 0 Å². The highest BCUT2D eigenvalue weighted by Crippen LogP contribution is 2.35. The zero-order valence-electron chi connectivity index (χ0n) is 20.6. The lowest BCUT2D eigenvalue weighted by atomic mass is 10.0. The van der Waals surface area contributed by atoms with Gasteiger partial charge in [0.15, 0.2) is 0 Å². The number of fused-ring (bicyclic) bond motifs is 1. The SMILES string of the molecule is CCN(CC)CCOc1ccc(CN2c3ccccc3OC[C@@H]2Cc2ccc(OC)cc2)cc1. The average molecular weight is 461 g/mol. The number of anilines is 1. The molecule has 3 aromatic rings. The van der Waals surface area contributed by atoms with Crippen LogP contribution in [-0.2, 0) is 13.0 Å². The van der Waals surface area contributed by atoms with Crippen LogP contribution in [0.15, 0.2) is 72.8 Å². The average Bonchev–Trinajstić information content (AvgIpc) is 2.89. The van der Waals surface area contributed by atoms with Gasteiger partial charge in [-0.25, -0.2) is 0 Å². The standard InChI is InChI=1S/C29H36N2O3/c1-4-30(5-2)18-19-33-27-16-12-24(13-17-27)21-31-25(20-23-10-14-26(32-3)15-11-23)22-34-29-9-7-6-8-28(29)31/h6-17,25H,4-5,18-22H2,1-3H3/t25-/m0/s1. The second-order valence-electron chi connectivity index (χ2n) is 8.63. The normalized spacial score (nSPS) is 15.1. The Balaban J connectivity index is 1.45. The van der Waals surface area contributed by atoms with Crippen molar-refractivity contribution in [2.75, 3.05) is 44.9 Å². The van der Waals surface area contributed by atoms with Crippen molar-refractivity contribution in [1.29, 1.82) is 0 Å². The number of hydrogen-bond donors (Lipinski definition) is 0. The van der Waals surface area contributed by atoms with E-state index in [4.69, 9.17) is 14.2 Å². The lowest BCUT2D eigenvalue weighted by Crippen LogP contribution is -2.44. The second-order valence-corrected chi connectivity index (χ2v) is 8.63. The van der Waals surface area contributed by atoms with Gasteiger partial charge < -0.3 is 24.0 Å². The molecule has 0 unspecified atom stereocenters. The Bertz CT molecular complexity index is 1020. The lowest BCUT2D eigenvalue weighted by Gasteiger charge is -2.39. The maximum atomic E-state index is 6.13. The molecule has 0 N–H and O–H groups in total. The molecule has 0 radical (unpaired) electrons. The molecular weight excluding hydrogens is 424 g/mol. The first-order chi connectivity index (χ1) is 16.7. The van der Waals surface area contributed by atoms with Gasteiger partial charge in [-0.05, 0) is 67.0 Å². The highest BCUT2D eigenvalue weighted by Gasteiger charge is 2.27. The molecule has 0 amide bonds. The Kier molecular flexibility index (Phi) is 8.31. The molecular formula is C29H36N2O3. The summed E-state index contributed by atoms with van der Waals surface area (Å²) in [4.78, 5) is 4.84. The van der Waals surface area contributed by atoms with Gasteiger partial charge in [0.25, 0.3) is 0 Å². The molecule has 0 aliphatic carbocycles. The van der Waals surface area contributed by atoms with Crippen LogP contribution in [-0.4, -0.2) is 50.9 Å². The first kappa shape index (κ1) is 24.0. The van der Waals surface area contributed by atoms with Crippen molar-refractivity contribution in [1.82, 2.24) is 4.90 Å². The topological polar surface area (TPSA) is 34.2 Å². The summed E-state index contributed by atoms with van der Waals surface area (Å²) in [7, 11) is 1.70. The van der Waals surface area contributed by atoms with Crippen LogP contribution < -0.4 is 19.1 Å². The fraction of sp³-hybridized carbons (Fsp3) is 0.379. The molecule has 0 saturated heterocycles. The molecule has 5 nitrogen and oxygen atoms in total. The van der Waals surface area contributed by atoms with Crippen LogP contribution in [0.1, 0.15) is 25.0 Å². The second kappa shape index (κ2) is 11.8. The van der Waals surface area contributed by atoms with E-state index in [2.05, 4.69) is 78.2 Å². The minimum absolute atomic E-state index is 0.244. The van der Waals surface area contributed by atoms with Gasteiger partial charge >= 0.3 is 0 Å². The number of hydrogen-bond acceptors (Lipinski definition) is 5. The number of nitrogens with zero attached hydrogens (tertiary/aromatic N) is 2. The maximum absolute atomic E-state index is 6.13. The number of likely N-dealkylation sites (N-methyl/N-ethyl adjacent to an activating group) is 1. The largest absolute Gasteiger partial charge is 0.497 e. The van der Waals surface area contributed by atoms with Crippen LogP contribution >= 0.6 is 0 Å². The Labute approximate surface area is 203 Å². The Morgan fingerprint density at radius 3 is 2.26 bits per heavy atom. The summed E-state index contributed by atoms with van der Waals surface area (Å²) in [5, 5.41) is 0. The van der Waals surface area contributed by atoms with E-state index < -0.39 is 0 Å². The Morgan fingerprint density at radius 2 is 1.56 bits per heavy atom. The van der Waals surface area contributed by atoms with Crippen LogP contribution in [0.2, 0.25) is 0 Å². The monoisotopic (exact) mass is 460 g/mol. The molecule has 0 saturated carbocycles. The van der Waals surface area contributed by atoms with Gasteiger partial charge in [-0.3, -0.25) is 0 Å². The van der Waals surface area contributed by atoms with Crippen LogP contribution in [0.5, 0.6) is 17.2 Å². The third-order valence-electron chi connectivity index (χ3n) is 6.52.